The molecule has 11 nitrogen and oxygen atoms in total. The largest absolute Gasteiger partial charge is 0.456 e. The third kappa shape index (κ3) is 11.2. The minimum absolute atomic E-state index is 0.184. The number of rotatable bonds is 20. The van der Waals surface area contributed by atoms with Gasteiger partial charge < -0.3 is 14.2 Å². The molecular weight excluding hydrogens is 809 g/mol. The Balaban J connectivity index is 1.15. The third-order valence-corrected chi connectivity index (χ3v) is 14.7. The number of nitrogens with one attached hydrogen (secondary N) is 1. The van der Waals surface area contributed by atoms with Crippen molar-refractivity contribution in [2.24, 2.45) is 5.92 Å². The normalized spacial score (nSPS) is 14.2. The Bertz CT molecular complexity index is 2570. The number of Topliss-reactive ketones (excluding diaryl/α,β-unsaturated/α-hetero) is 1. The number of nitrogens with zero attached hydrogens (tertiary/aromatic N) is 3. The highest BCUT2D eigenvalue weighted by molar-refractivity contribution is 7.89. The van der Waals surface area contributed by atoms with Crippen LogP contribution in [-0.2, 0) is 20.1 Å². The Kier molecular flexibility index (Phi) is 15.6. The fourth-order valence-electron chi connectivity index (χ4n) is 8.82. The zero-order chi connectivity index (χ0) is 43.7. The van der Waals surface area contributed by atoms with Crippen LogP contribution in [0.5, 0.6) is 0 Å². The maximum absolute atomic E-state index is 14.3. The first-order valence-corrected chi connectivity index (χ1v) is 25.0. The van der Waals surface area contributed by atoms with Crippen LogP contribution in [0.2, 0.25) is 0 Å². The van der Waals surface area contributed by atoms with E-state index in [1.54, 1.807) is 0 Å². The molecule has 1 saturated heterocycles. The van der Waals surface area contributed by atoms with Crippen LogP contribution in [0, 0.1) is 12.8 Å². The minimum atomic E-state index is -4.72. The lowest BCUT2D eigenvalue weighted by atomic mass is 9.91. The molecule has 1 aliphatic carbocycles. The van der Waals surface area contributed by atoms with Gasteiger partial charge in [0.2, 0.25) is 15.4 Å². The van der Waals surface area contributed by atoms with Crippen LogP contribution in [0.4, 0.5) is 5.69 Å². The summed E-state index contributed by atoms with van der Waals surface area (Å²) in [5.41, 5.74) is 4.96. The van der Waals surface area contributed by atoms with Gasteiger partial charge in [0, 0.05) is 71.5 Å². The van der Waals surface area contributed by atoms with E-state index in [0.29, 0.717) is 52.2 Å². The van der Waals surface area contributed by atoms with E-state index in [-0.39, 0.29) is 17.2 Å². The summed E-state index contributed by atoms with van der Waals surface area (Å²) in [6.07, 6.45) is 7.20. The van der Waals surface area contributed by atoms with Crippen molar-refractivity contribution < 1.29 is 30.6 Å². The summed E-state index contributed by atoms with van der Waals surface area (Å²) >= 11 is 0. The highest BCUT2D eigenvalue weighted by atomic mass is 32.2. The second-order valence-corrected chi connectivity index (χ2v) is 19.3. The number of anilines is 1. The lowest BCUT2D eigenvalue weighted by Gasteiger charge is -2.32. The smallest absolute Gasteiger partial charge is 0.294 e. The molecule has 3 aromatic rings. The van der Waals surface area contributed by atoms with Gasteiger partial charge in [0.15, 0.2) is 5.78 Å². The van der Waals surface area contributed by atoms with Crippen molar-refractivity contribution in [1.82, 2.24) is 14.2 Å². The Labute approximate surface area is 362 Å². The number of carbonyl (C=O) groups excluding carboxylic acids is 1. The molecule has 1 fully saturated rings. The fraction of sp³-hybridized carbons (Fsp3) is 0.458. The molecule has 0 spiro atoms. The molecular formula is C48H63N4O7S2+. The molecule has 0 amide bonds. The fourth-order valence-corrected chi connectivity index (χ4v) is 10.7. The Morgan fingerprint density at radius 3 is 2.26 bits per heavy atom. The van der Waals surface area contributed by atoms with Gasteiger partial charge in [0.1, 0.15) is 24.4 Å². The summed E-state index contributed by atoms with van der Waals surface area (Å²) in [5.74, 6) is 1.40. The lowest BCUT2D eigenvalue weighted by molar-refractivity contribution is 0.0969. The van der Waals surface area contributed by atoms with E-state index >= 15 is 0 Å². The Hall–Kier alpha value is -4.40. The molecule has 3 aliphatic rings. The highest BCUT2D eigenvalue weighted by Gasteiger charge is 2.28. The van der Waals surface area contributed by atoms with E-state index in [2.05, 4.69) is 46.8 Å². The van der Waals surface area contributed by atoms with Crippen molar-refractivity contribution in [2.45, 2.75) is 95.8 Å². The number of likely N-dealkylation sites (tertiary alicyclic amines) is 1. The molecule has 2 heterocycles. The summed E-state index contributed by atoms with van der Waals surface area (Å²) in [6.45, 7) is 16.7. The average Bonchev–Trinajstić information content (AvgIpc) is 3.25. The summed E-state index contributed by atoms with van der Waals surface area (Å²) in [4.78, 5) is 16.6. The van der Waals surface area contributed by atoms with Crippen LogP contribution in [0.1, 0.15) is 95.0 Å². The topological polar surface area (TPSA) is 140 Å². The third-order valence-electron chi connectivity index (χ3n) is 12.4. The molecule has 0 radical (unpaired) electrons. The number of fused-ring (bicyclic) bond motifs is 2. The predicted molar refractivity (Wildman–Crippen MR) is 246 cm³/mol. The van der Waals surface area contributed by atoms with Gasteiger partial charge in [-0.3, -0.25) is 9.35 Å². The SMILES string of the molecule is CCN(CC)c1ccc2c(-c3ccc(S(=O)(=O)O)cc3S(=O)(=O)NCCCCCC3CCN(CCCC(=O)c4ccccc4C)CC3)c3ccc(=[N+](CC)CC)cc-3oc2c1. The number of carbonyl (C=O) groups is 1. The number of ketones is 1. The van der Waals surface area contributed by atoms with E-state index in [0.717, 1.165) is 113 Å². The molecule has 0 aromatic heterocycles. The van der Waals surface area contributed by atoms with Crippen LogP contribution < -0.4 is 19.6 Å². The van der Waals surface area contributed by atoms with Gasteiger partial charge in [0.05, 0.1) is 15.9 Å². The van der Waals surface area contributed by atoms with E-state index in [1.807, 2.05) is 67.6 Å². The number of benzene rings is 4. The molecule has 0 atom stereocenters. The average molecular weight is 872 g/mol. The quantitative estimate of drug-likeness (QED) is 0.0259. The van der Waals surface area contributed by atoms with E-state index < -0.39 is 25.0 Å². The first kappa shape index (κ1) is 46.1. The van der Waals surface area contributed by atoms with Crippen molar-refractivity contribution in [2.75, 3.05) is 57.3 Å². The van der Waals surface area contributed by atoms with Crippen molar-refractivity contribution in [3.05, 3.63) is 95.3 Å². The predicted octanol–water partition coefficient (Wildman–Crippen LogP) is 8.63. The zero-order valence-electron chi connectivity index (χ0n) is 36.5. The molecule has 61 heavy (non-hydrogen) atoms. The first-order chi connectivity index (χ1) is 29.3. The number of hydrogen-bond acceptors (Lipinski definition) is 8. The van der Waals surface area contributed by atoms with Crippen LogP contribution in [-0.4, -0.2) is 84.4 Å². The van der Waals surface area contributed by atoms with Crippen LogP contribution in [0.3, 0.4) is 0 Å². The summed E-state index contributed by atoms with van der Waals surface area (Å²) in [7, 11) is -8.98. The minimum Gasteiger partial charge on any atom is -0.456 e. The number of sulfonamides is 1. The molecule has 13 heteroatoms. The Morgan fingerprint density at radius 1 is 0.852 bits per heavy atom. The molecule has 2 aliphatic heterocycles. The molecule has 0 unspecified atom stereocenters. The van der Waals surface area contributed by atoms with E-state index in [9.17, 15) is 26.2 Å². The second kappa shape index (κ2) is 20.6. The van der Waals surface area contributed by atoms with Crippen molar-refractivity contribution in [3.63, 3.8) is 0 Å². The second-order valence-electron chi connectivity index (χ2n) is 16.2. The highest BCUT2D eigenvalue weighted by Crippen LogP contribution is 2.43. The van der Waals surface area contributed by atoms with Gasteiger partial charge in [-0.25, -0.2) is 17.7 Å². The van der Waals surface area contributed by atoms with Crippen LogP contribution in [0.25, 0.3) is 33.4 Å². The van der Waals surface area contributed by atoms with Gasteiger partial charge in [-0.15, -0.1) is 0 Å². The van der Waals surface area contributed by atoms with Crippen molar-refractivity contribution in [3.8, 4) is 22.5 Å². The number of piperidine rings is 1. The molecule has 2 N–H and O–H groups in total. The molecule has 3 aromatic carbocycles. The molecule has 6 rings (SSSR count). The van der Waals surface area contributed by atoms with Crippen LogP contribution >= 0.6 is 0 Å². The first-order valence-electron chi connectivity index (χ1n) is 22.0. The van der Waals surface area contributed by atoms with Gasteiger partial charge in [-0.05, 0) is 122 Å². The maximum atomic E-state index is 14.3. The standard InChI is InChI=1S/C48H62N4O7S2/c1-6-51(7-2)37-20-23-41-45(32-37)59-46-33-38(52(8-3)9-4)21-24-42(46)48(41)43-25-22-39(61(56,57)58)34-47(43)60(54,55)49-28-14-10-11-17-36-26-30-50(31-27-36)29-15-19-44(53)40-18-13-12-16-35(40)5/h12-13,16,18,20-25,32-34,36,49H,6-11,14-15,17,19,26-31H2,1-5H3/p+1. The van der Waals surface area contributed by atoms with Gasteiger partial charge >= 0.3 is 0 Å². The zero-order valence-corrected chi connectivity index (χ0v) is 38.1. The van der Waals surface area contributed by atoms with Gasteiger partial charge in [-0.2, -0.15) is 8.42 Å². The lowest BCUT2D eigenvalue weighted by Crippen LogP contribution is -2.34. The number of aryl methyl sites for hydroxylation is 1. The summed E-state index contributed by atoms with van der Waals surface area (Å²) < 4.78 is 75.0. The van der Waals surface area contributed by atoms with Crippen molar-refractivity contribution >= 4 is 42.6 Å². The molecule has 0 bridgehead atoms. The van der Waals surface area contributed by atoms with Crippen LogP contribution in [0.15, 0.2) is 93.1 Å². The van der Waals surface area contributed by atoms with Gasteiger partial charge in [-0.1, -0.05) is 49.6 Å². The molecule has 0 saturated carbocycles. The summed E-state index contributed by atoms with van der Waals surface area (Å²) in [6, 6.07) is 23.3. The van der Waals surface area contributed by atoms with E-state index in [1.165, 1.54) is 12.1 Å². The monoisotopic (exact) mass is 871 g/mol. The van der Waals surface area contributed by atoms with Gasteiger partial charge in [0.25, 0.3) is 10.1 Å². The Morgan fingerprint density at radius 2 is 1.57 bits per heavy atom. The van der Waals surface area contributed by atoms with Crippen molar-refractivity contribution in [1.29, 1.82) is 0 Å². The summed E-state index contributed by atoms with van der Waals surface area (Å²) in [5, 5.41) is 1.64. The number of hydrogen-bond donors (Lipinski definition) is 2. The maximum Gasteiger partial charge on any atom is 0.294 e. The molecule has 328 valence electrons. The van der Waals surface area contributed by atoms with E-state index in [4.69, 9.17) is 4.42 Å². The number of unbranched alkanes of at least 4 members (excludes halogenated alkanes) is 2.